The van der Waals surface area contributed by atoms with Gasteiger partial charge in [0.15, 0.2) is 0 Å². The van der Waals surface area contributed by atoms with Crippen LogP contribution in [0.4, 0.5) is 4.79 Å². The van der Waals surface area contributed by atoms with Crippen LogP contribution >= 0.6 is 0 Å². The fraction of sp³-hybridized carbons (Fsp3) is 0.900. The zero-order valence-electron chi connectivity index (χ0n) is 18.0. The van der Waals surface area contributed by atoms with Crippen LogP contribution in [-0.2, 0) is 9.53 Å². The minimum absolute atomic E-state index is 0.000572. The maximum absolute atomic E-state index is 13.0. The zero-order valence-corrected chi connectivity index (χ0v) is 18.0. The lowest BCUT2D eigenvalue weighted by atomic mass is 9.95. The summed E-state index contributed by atoms with van der Waals surface area (Å²) < 4.78 is 5.34. The number of amides is 2. The van der Waals surface area contributed by atoms with Gasteiger partial charge in [-0.05, 0) is 32.1 Å². The minimum atomic E-state index is -0.578. The van der Waals surface area contributed by atoms with Crippen molar-refractivity contribution >= 4 is 12.0 Å². The van der Waals surface area contributed by atoms with Gasteiger partial charge in [0, 0.05) is 32.7 Å². The van der Waals surface area contributed by atoms with Gasteiger partial charge in [-0.1, -0.05) is 41.0 Å². The van der Waals surface area contributed by atoms with Crippen molar-refractivity contribution in [2.24, 2.45) is 11.3 Å². The van der Waals surface area contributed by atoms with Crippen LogP contribution in [0.25, 0.3) is 0 Å². The Hall–Kier alpha value is -1.30. The Morgan fingerprint density at radius 1 is 1.04 bits per heavy atom. The number of carbonyl (C=O) groups excluding carboxylic acids is 2. The average Bonchev–Trinajstić information content (AvgIpc) is 2.48. The summed E-state index contributed by atoms with van der Waals surface area (Å²) in [6.07, 6.45) is 0.290. The highest BCUT2D eigenvalue weighted by Gasteiger charge is 2.33. The van der Waals surface area contributed by atoms with Crippen LogP contribution in [0.1, 0.15) is 61.8 Å². The number of hydrogen-bond donors (Lipinski definition) is 1. The quantitative estimate of drug-likeness (QED) is 0.809. The molecular weight excluding hydrogens is 330 g/mol. The van der Waals surface area contributed by atoms with Crippen molar-refractivity contribution < 1.29 is 14.3 Å². The van der Waals surface area contributed by atoms with Crippen LogP contribution in [0.2, 0.25) is 0 Å². The molecule has 152 valence electrons. The van der Waals surface area contributed by atoms with Gasteiger partial charge in [0.2, 0.25) is 5.91 Å². The Balaban J connectivity index is 2.68. The molecule has 2 unspecified atom stereocenters. The van der Waals surface area contributed by atoms with Gasteiger partial charge in [-0.25, -0.2) is 4.79 Å². The monoisotopic (exact) mass is 369 g/mol. The lowest BCUT2D eigenvalue weighted by molar-refractivity contribution is -0.136. The van der Waals surface area contributed by atoms with Crippen molar-refractivity contribution in [3.05, 3.63) is 0 Å². The Bertz CT molecular complexity index is 472. The summed E-state index contributed by atoms with van der Waals surface area (Å²) in [4.78, 5) is 29.5. The van der Waals surface area contributed by atoms with Crippen molar-refractivity contribution in [2.75, 3.05) is 32.7 Å². The van der Waals surface area contributed by atoms with E-state index in [1.165, 1.54) is 0 Å². The second-order valence-corrected chi connectivity index (χ2v) is 9.67. The molecule has 1 rings (SSSR count). The van der Waals surface area contributed by atoms with E-state index in [1.807, 2.05) is 39.5 Å². The first kappa shape index (κ1) is 22.7. The van der Waals surface area contributed by atoms with E-state index >= 15 is 0 Å². The first-order valence-corrected chi connectivity index (χ1v) is 9.83. The molecule has 0 aromatic heterocycles. The molecule has 26 heavy (non-hydrogen) atoms. The van der Waals surface area contributed by atoms with Crippen molar-refractivity contribution in [1.29, 1.82) is 0 Å². The summed E-state index contributed by atoms with van der Waals surface area (Å²) in [6.45, 7) is 20.4. The molecule has 1 heterocycles. The molecule has 1 aliphatic heterocycles. The number of piperazine rings is 1. The molecule has 1 fully saturated rings. The summed E-state index contributed by atoms with van der Waals surface area (Å²) in [7, 11) is 0. The van der Waals surface area contributed by atoms with Gasteiger partial charge >= 0.3 is 6.09 Å². The number of alkyl carbamates (subject to hydrolysis) is 1. The SMILES string of the molecule is CCC(C)C(NC(=O)OC(C)(C)C)C(=O)N1CCN(CC(C)(C)C)CC1. The standard InChI is InChI=1S/C20H39N3O3/c1-9-15(2)16(21-18(25)26-20(6,7)8)17(24)23-12-10-22(11-13-23)14-19(3,4)5/h15-16H,9-14H2,1-8H3,(H,21,25). The van der Waals surface area contributed by atoms with E-state index in [0.717, 1.165) is 26.1 Å². The van der Waals surface area contributed by atoms with Crippen molar-refractivity contribution in [3.8, 4) is 0 Å². The van der Waals surface area contributed by atoms with Gasteiger partial charge < -0.3 is 15.0 Å². The average molecular weight is 370 g/mol. The highest BCUT2D eigenvalue weighted by atomic mass is 16.6. The molecule has 0 saturated carbocycles. The molecule has 6 heteroatoms. The molecule has 0 radical (unpaired) electrons. The molecule has 0 aliphatic carbocycles. The molecule has 1 aliphatic rings. The number of carbonyl (C=O) groups is 2. The highest BCUT2D eigenvalue weighted by molar-refractivity contribution is 5.86. The van der Waals surface area contributed by atoms with Crippen LogP contribution in [0, 0.1) is 11.3 Å². The summed E-state index contributed by atoms with van der Waals surface area (Å²) in [5.74, 6) is 0.0586. The number of nitrogens with zero attached hydrogens (tertiary/aromatic N) is 2. The predicted octanol–water partition coefficient (Wildman–Crippen LogP) is 3.12. The van der Waals surface area contributed by atoms with Crippen LogP contribution in [0.15, 0.2) is 0 Å². The van der Waals surface area contributed by atoms with Crippen molar-refractivity contribution in [3.63, 3.8) is 0 Å². The minimum Gasteiger partial charge on any atom is -0.444 e. The lowest BCUT2D eigenvalue weighted by Crippen LogP contribution is -2.57. The maximum Gasteiger partial charge on any atom is 0.408 e. The molecule has 0 bridgehead atoms. The number of hydrogen-bond acceptors (Lipinski definition) is 4. The fourth-order valence-electron chi connectivity index (χ4n) is 3.11. The third-order valence-corrected chi connectivity index (χ3v) is 4.53. The summed E-state index contributed by atoms with van der Waals surface area (Å²) in [5, 5.41) is 2.80. The van der Waals surface area contributed by atoms with Gasteiger partial charge in [-0.3, -0.25) is 9.69 Å². The van der Waals surface area contributed by atoms with E-state index in [1.54, 1.807) is 0 Å². The Morgan fingerprint density at radius 2 is 1.58 bits per heavy atom. The van der Waals surface area contributed by atoms with Gasteiger partial charge in [0.1, 0.15) is 11.6 Å². The Labute approximate surface area is 159 Å². The largest absolute Gasteiger partial charge is 0.444 e. The normalized spacial score (nSPS) is 19.0. The van der Waals surface area contributed by atoms with Crippen molar-refractivity contribution in [1.82, 2.24) is 15.1 Å². The van der Waals surface area contributed by atoms with Crippen LogP contribution < -0.4 is 5.32 Å². The first-order chi connectivity index (χ1) is 11.8. The molecular formula is C20H39N3O3. The van der Waals surface area contributed by atoms with Crippen LogP contribution in [-0.4, -0.2) is 66.2 Å². The van der Waals surface area contributed by atoms with Crippen LogP contribution in [0.5, 0.6) is 0 Å². The van der Waals surface area contributed by atoms with E-state index in [4.69, 9.17) is 4.74 Å². The number of ether oxygens (including phenoxy) is 1. The van der Waals surface area contributed by atoms with E-state index in [-0.39, 0.29) is 17.2 Å². The summed E-state index contributed by atoms with van der Waals surface area (Å²) in [6, 6.07) is -0.538. The molecule has 0 aromatic carbocycles. The topological polar surface area (TPSA) is 61.9 Å². The molecule has 0 spiro atoms. The molecule has 1 saturated heterocycles. The van der Waals surface area contributed by atoms with Crippen molar-refractivity contribution in [2.45, 2.75) is 73.5 Å². The van der Waals surface area contributed by atoms with E-state index in [9.17, 15) is 9.59 Å². The maximum atomic E-state index is 13.0. The predicted molar refractivity (Wildman–Crippen MR) is 105 cm³/mol. The number of rotatable bonds is 5. The van der Waals surface area contributed by atoms with Gasteiger partial charge in [0.05, 0.1) is 0 Å². The van der Waals surface area contributed by atoms with Gasteiger partial charge in [0.25, 0.3) is 0 Å². The van der Waals surface area contributed by atoms with Crippen LogP contribution in [0.3, 0.4) is 0 Å². The first-order valence-electron chi connectivity index (χ1n) is 9.83. The smallest absolute Gasteiger partial charge is 0.408 e. The fourth-order valence-corrected chi connectivity index (χ4v) is 3.11. The molecule has 2 atom stereocenters. The summed E-state index contributed by atoms with van der Waals surface area (Å²) >= 11 is 0. The third kappa shape index (κ3) is 7.94. The molecule has 6 nitrogen and oxygen atoms in total. The molecule has 2 amide bonds. The lowest BCUT2D eigenvalue weighted by Gasteiger charge is -2.39. The van der Waals surface area contributed by atoms with E-state index in [0.29, 0.717) is 13.1 Å². The third-order valence-electron chi connectivity index (χ3n) is 4.53. The second-order valence-electron chi connectivity index (χ2n) is 9.67. The second kappa shape index (κ2) is 9.07. The number of nitrogens with one attached hydrogen (secondary N) is 1. The Kier molecular flexibility index (Phi) is 7.93. The van der Waals surface area contributed by atoms with Gasteiger partial charge in [-0.2, -0.15) is 0 Å². The van der Waals surface area contributed by atoms with Gasteiger partial charge in [-0.15, -0.1) is 0 Å². The molecule has 0 aromatic rings. The zero-order chi connectivity index (χ0) is 20.1. The highest BCUT2D eigenvalue weighted by Crippen LogP contribution is 2.18. The Morgan fingerprint density at radius 3 is 2.00 bits per heavy atom. The summed E-state index contributed by atoms with van der Waals surface area (Å²) in [5.41, 5.74) is -0.324. The van der Waals surface area contributed by atoms with E-state index in [2.05, 4.69) is 31.0 Å². The van der Waals surface area contributed by atoms with E-state index < -0.39 is 17.7 Å². The molecule has 1 N–H and O–H groups in total.